The van der Waals surface area contributed by atoms with Crippen LogP contribution in [0.2, 0.25) is 0 Å². The van der Waals surface area contributed by atoms with Crippen molar-refractivity contribution in [2.45, 2.75) is 64.9 Å². The van der Waals surface area contributed by atoms with E-state index in [0.717, 1.165) is 22.4 Å². The number of carbonyl (C=O) groups is 2. The Labute approximate surface area is 190 Å². The molecule has 172 valence electrons. The largest absolute Gasteiger partial charge is 0.325 e. The molecule has 0 saturated heterocycles. The van der Waals surface area contributed by atoms with Gasteiger partial charge in [-0.3, -0.25) is 9.59 Å². The van der Waals surface area contributed by atoms with Crippen molar-refractivity contribution in [1.82, 2.24) is 4.72 Å². The topological polar surface area (TPSA) is 95.6 Å². The van der Waals surface area contributed by atoms with E-state index in [4.69, 9.17) is 0 Å². The Balaban J connectivity index is 1.84. The summed E-state index contributed by atoms with van der Waals surface area (Å²) in [4.78, 5) is 26.6. The lowest BCUT2D eigenvalue weighted by Gasteiger charge is -2.22. The molecule has 2 N–H and O–H groups in total. The minimum Gasteiger partial charge on any atom is -0.325 e. The number of fused-ring (bicyclic) bond motifs is 1. The molecule has 2 aromatic carbocycles. The van der Waals surface area contributed by atoms with E-state index in [1.165, 1.54) is 13.0 Å². The van der Waals surface area contributed by atoms with E-state index in [-0.39, 0.29) is 22.8 Å². The Bertz CT molecular complexity index is 1140. The highest BCUT2D eigenvalue weighted by Crippen LogP contribution is 2.34. The molecule has 0 radical (unpaired) electrons. The average molecular weight is 458 g/mol. The lowest BCUT2D eigenvalue weighted by atomic mass is 10.0. The monoisotopic (exact) mass is 457 g/mol. The quantitative estimate of drug-likeness (QED) is 0.694. The molecule has 2 atom stereocenters. The van der Waals surface area contributed by atoms with Gasteiger partial charge in [0.25, 0.3) is 0 Å². The maximum absolute atomic E-state index is 13.1. The molecule has 0 aromatic heterocycles. The number of nitrogens with one attached hydrogen (secondary N) is 2. The van der Waals surface area contributed by atoms with E-state index in [2.05, 4.69) is 10.0 Å². The second-order valence-electron chi connectivity index (χ2n) is 8.94. The zero-order valence-corrected chi connectivity index (χ0v) is 20.2. The first kappa shape index (κ1) is 23.9. The number of hydrogen-bond acceptors (Lipinski definition) is 4. The number of nitrogens with zero attached hydrogens (tertiary/aromatic N) is 1. The summed E-state index contributed by atoms with van der Waals surface area (Å²) in [6.07, 6.45) is 0.582. The Morgan fingerprint density at radius 3 is 2.25 bits per heavy atom. The average Bonchev–Trinajstić information content (AvgIpc) is 3.00. The van der Waals surface area contributed by atoms with Gasteiger partial charge in [-0.25, -0.2) is 8.42 Å². The molecule has 0 saturated carbocycles. The van der Waals surface area contributed by atoms with E-state index in [9.17, 15) is 18.0 Å². The van der Waals surface area contributed by atoms with Gasteiger partial charge < -0.3 is 10.2 Å². The lowest BCUT2D eigenvalue weighted by molar-refractivity contribution is -0.118. The summed E-state index contributed by atoms with van der Waals surface area (Å²) in [7, 11) is -3.95. The Morgan fingerprint density at radius 2 is 1.69 bits per heavy atom. The third kappa shape index (κ3) is 5.02. The van der Waals surface area contributed by atoms with Crippen LogP contribution < -0.4 is 14.9 Å². The molecule has 1 aliphatic rings. The number of anilines is 2. The van der Waals surface area contributed by atoms with Crippen molar-refractivity contribution >= 4 is 33.2 Å². The van der Waals surface area contributed by atoms with E-state index in [0.29, 0.717) is 12.1 Å². The fourth-order valence-electron chi connectivity index (χ4n) is 4.25. The van der Waals surface area contributed by atoms with Crippen LogP contribution in [-0.2, 0) is 26.0 Å². The second kappa shape index (κ2) is 9.03. The van der Waals surface area contributed by atoms with Gasteiger partial charge in [-0.1, -0.05) is 19.9 Å². The molecule has 7 nitrogen and oxygen atoms in total. The molecule has 0 fully saturated rings. The van der Waals surface area contributed by atoms with Crippen LogP contribution in [0, 0.1) is 19.8 Å². The fraction of sp³-hybridized carbons (Fsp3) is 0.417. The molecule has 1 heterocycles. The predicted molar refractivity (Wildman–Crippen MR) is 126 cm³/mol. The molecule has 0 aliphatic carbocycles. The third-order valence-electron chi connectivity index (χ3n) is 5.64. The zero-order valence-electron chi connectivity index (χ0n) is 19.4. The summed E-state index contributed by atoms with van der Waals surface area (Å²) in [6.45, 7) is 10.9. The van der Waals surface area contributed by atoms with Crippen LogP contribution in [0.5, 0.6) is 0 Å². The first-order valence-corrected chi connectivity index (χ1v) is 12.2. The van der Waals surface area contributed by atoms with Gasteiger partial charge in [-0.05, 0) is 80.1 Å². The van der Waals surface area contributed by atoms with E-state index in [1.54, 1.807) is 30.9 Å². The minimum atomic E-state index is -3.95. The molecule has 32 heavy (non-hydrogen) atoms. The molecule has 0 spiro atoms. The van der Waals surface area contributed by atoms with Crippen LogP contribution in [0.15, 0.2) is 41.3 Å². The molecule has 0 bridgehead atoms. The van der Waals surface area contributed by atoms with Crippen molar-refractivity contribution in [3.8, 4) is 0 Å². The summed E-state index contributed by atoms with van der Waals surface area (Å²) in [5.41, 5.74) is 4.18. The Hall–Kier alpha value is -2.71. The predicted octanol–water partition coefficient (Wildman–Crippen LogP) is 3.54. The highest BCUT2D eigenvalue weighted by atomic mass is 32.2. The van der Waals surface area contributed by atoms with E-state index >= 15 is 0 Å². The highest BCUT2D eigenvalue weighted by molar-refractivity contribution is 7.89. The van der Waals surface area contributed by atoms with Crippen molar-refractivity contribution in [2.75, 3.05) is 10.2 Å². The summed E-state index contributed by atoms with van der Waals surface area (Å²) in [6, 6.07) is 9.46. The van der Waals surface area contributed by atoms with E-state index in [1.807, 2.05) is 39.0 Å². The van der Waals surface area contributed by atoms with Crippen LogP contribution in [0.1, 0.15) is 44.4 Å². The third-order valence-corrected chi connectivity index (χ3v) is 7.08. The van der Waals surface area contributed by atoms with Crippen molar-refractivity contribution in [1.29, 1.82) is 0 Å². The first-order chi connectivity index (χ1) is 14.9. The van der Waals surface area contributed by atoms with Gasteiger partial charge >= 0.3 is 0 Å². The van der Waals surface area contributed by atoms with Crippen molar-refractivity contribution in [3.63, 3.8) is 0 Å². The van der Waals surface area contributed by atoms with Crippen molar-refractivity contribution in [2.24, 2.45) is 5.92 Å². The molecule has 2 amide bonds. The molecule has 0 unspecified atom stereocenters. The van der Waals surface area contributed by atoms with Crippen LogP contribution in [-0.4, -0.2) is 32.3 Å². The van der Waals surface area contributed by atoms with Crippen molar-refractivity contribution < 1.29 is 18.0 Å². The summed E-state index contributed by atoms with van der Waals surface area (Å²) >= 11 is 0. The smallest absolute Gasteiger partial charge is 0.242 e. The molecule has 8 heteroatoms. The maximum Gasteiger partial charge on any atom is 0.242 e. The highest BCUT2D eigenvalue weighted by Gasteiger charge is 2.32. The van der Waals surface area contributed by atoms with E-state index < -0.39 is 22.0 Å². The maximum atomic E-state index is 13.1. The Morgan fingerprint density at radius 1 is 1.06 bits per heavy atom. The standard InChI is InChI=1S/C24H31N3O4S/c1-14(2)23(24(29)25-20-10-15(3)9-16(4)11-20)26-32(30,31)21-7-8-22-19(13-21)12-17(5)27(22)18(6)28/h7-11,13-14,17,23,26H,12H2,1-6H3,(H,25,29)/t17-,23-/m1/s1. The van der Waals surface area contributed by atoms with Gasteiger partial charge in [0.15, 0.2) is 0 Å². The summed E-state index contributed by atoms with van der Waals surface area (Å²) in [5, 5.41) is 2.83. The van der Waals surface area contributed by atoms with Gasteiger partial charge in [0.1, 0.15) is 6.04 Å². The lowest BCUT2D eigenvalue weighted by Crippen LogP contribution is -2.47. The van der Waals surface area contributed by atoms with Gasteiger partial charge in [0.2, 0.25) is 21.8 Å². The van der Waals surface area contributed by atoms with Crippen LogP contribution >= 0.6 is 0 Å². The van der Waals surface area contributed by atoms with Crippen LogP contribution in [0.3, 0.4) is 0 Å². The fourth-order valence-corrected chi connectivity index (χ4v) is 5.64. The number of benzene rings is 2. The number of amides is 2. The SMILES string of the molecule is CC(=O)N1c2ccc(S(=O)(=O)N[C@@H](C(=O)Nc3cc(C)cc(C)c3)C(C)C)cc2C[C@H]1C. The van der Waals surface area contributed by atoms with Crippen molar-refractivity contribution in [3.05, 3.63) is 53.1 Å². The molecular formula is C24H31N3O4S. The van der Waals surface area contributed by atoms with Crippen LogP contribution in [0.25, 0.3) is 0 Å². The zero-order chi connectivity index (χ0) is 23.8. The van der Waals surface area contributed by atoms with Gasteiger partial charge in [-0.2, -0.15) is 4.72 Å². The normalized spacial score (nSPS) is 16.7. The number of rotatable bonds is 6. The minimum absolute atomic E-state index is 0.0274. The van der Waals surface area contributed by atoms with Gasteiger partial charge in [0, 0.05) is 24.3 Å². The Kier molecular flexibility index (Phi) is 6.76. The number of sulfonamides is 1. The molecule has 2 aromatic rings. The number of hydrogen-bond donors (Lipinski definition) is 2. The molecular weight excluding hydrogens is 426 g/mol. The summed E-state index contributed by atoms with van der Waals surface area (Å²) < 4.78 is 28.8. The summed E-state index contributed by atoms with van der Waals surface area (Å²) in [5.74, 6) is -0.752. The van der Waals surface area contributed by atoms with Crippen LogP contribution in [0.4, 0.5) is 11.4 Å². The molecule has 3 rings (SSSR count). The van der Waals surface area contributed by atoms with Gasteiger partial charge in [0.05, 0.1) is 4.90 Å². The van der Waals surface area contributed by atoms with Gasteiger partial charge in [-0.15, -0.1) is 0 Å². The first-order valence-electron chi connectivity index (χ1n) is 10.7. The number of carbonyl (C=O) groups excluding carboxylic acids is 2. The number of aryl methyl sites for hydroxylation is 2. The second-order valence-corrected chi connectivity index (χ2v) is 10.7. The molecule has 1 aliphatic heterocycles.